The summed E-state index contributed by atoms with van der Waals surface area (Å²) in [6, 6.07) is 17.1. The van der Waals surface area contributed by atoms with Gasteiger partial charge in [0.05, 0.1) is 11.3 Å². The van der Waals surface area contributed by atoms with Crippen molar-refractivity contribution in [3.63, 3.8) is 0 Å². The van der Waals surface area contributed by atoms with Crippen LogP contribution in [0.5, 0.6) is 0 Å². The number of nitrogens with zero attached hydrogens (tertiary/aromatic N) is 1. The first-order chi connectivity index (χ1) is 14.3. The molecule has 4 nitrogen and oxygen atoms in total. The fourth-order valence-corrected chi connectivity index (χ4v) is 4.11. The average Bonchev–Trinajstić information content (AvgIpc) is 3.30. The lowest BCUT2D eigenvalue weighted by atomic mass is 9.87. The second-order valence-electron chi connectivity index (χ2n) is 8.08. The van der Waals surface area contributed by atoms with Crippen LogP contribution in [0.1, 0.15) is 31.2 Å². The normalized spacial score (nSPS) is 14.6. The molecule has 4 rings (SSSR count). The van der Waals surface area contributed by atoms with Crippen LogP contribution in [0.4, 0.5) is 15.8 Å². The van der Waals surface area contributed by atoms with Gasteiger partial charge >= 0.3 is 0 Å². The molecular weight excluding hydrogens is 399 g/mol. The van der Waals surface area contributed by atoms with E-state index in [1.165, 1.54) is 29.5 Å². The number of nitrogens with one attached hydrogen (secondary N) is 1. The summed E-state index contributed by atoms with van der Waals surface area (Å²) in [7, 11) is 0. The highest BCUT2D eigenvalue weighted by atomic mass is 32.1. The van der Waals surface area contributed by atoms with Crippen molar-refractivity contribution < 1.29 is 14.0 Å². The summed E-state index contributed by atoms with van der Waals surface area (Å²) >= 11 is 1.36. The predicted molar refractivity (Wildman–Crippen MR) is 119 cm³/mol. The van der Waals surface area contributed by atoms with Gasteiger partial charge in [0.15, 0.2) is 0 Å². The number of imide groups is 1. The minimum atomic E-state index is -0.625. The summed E-state index contributed by atoms with van der Waals surface area (Å²) in [5.41, 5.74) is 2.18. The number of halogens is 1. The Balaban J connectivity index is 1.75. The Morgan fingerprint density at radius 3 is 2.20 bits per heavy atom. The molecule has 0 radical (unpaired) electrons. The van der Waals surface area contributed by atoms with E-state index < -0.39 is 17.6 Å². The fraction of sp³-hybridized carbons (Fsp3) is 0.167. The monoisotopic (exact) mass is 420 g/mol. The largest absolute Gasteiger partial charge is 0.350 e. The zero-order valence-electron chi connectivity index (χ0n) is 16.9. The minimum absolute atomic E-state index is 0.000700. The van der Waals surface area contributed by atoms with Gasteiger partial charge < -0.3 is 5.32 Å². The Kier molecular flexibility index (Phi) is 5.03. The maximum absolute atomic E-state index is 14.4. The van der Waals surface area contributed by atoms with Crippen LogP contribution < -0.4 is 10.2 Å². The highest BCUT2D eigenvalue weighted by molar-refractivity contribution is 7.11. The molecule has 6 heteroatoms. The molecule has 30 heavy (non-hydrogen) atoms. The lowest BCUT2D eigenvalue weighted by Gasteiger charge is -2.19. The number of hydrogen-bond acceptors (Lipinski definition) is 4. The predicted octanol–water partition coefficient (Wildman–Crippen LogP) is 5.58. The molecule has 1 aliphatic rings. The first kappa shape index (κ1) is 20.0. The Hall–Kier alpha value is -3.25. The van der Waals surface area contributed by atoms with Gasteiger partial charge in [0.25, 0.3) is 11.8 Å². The quantitative estimate of drug-likeness (QED) is 0.561. The van der Waals surface area contributed by atoms with Gasteiger partial charge in [-0.2, -0.15) is 0 Å². The van der Waals surface area contributed by atoms with Crippen LogP contribution in [0.25, 0.3) is 5.57 Å². The van der Waals surface area contributed by atoms with Crippen molar-refractivity contribution in [2.45, 2.75) is 26.2 Å². The Morgan fingerprint density at radius 2 is 1.60 bits per heavy atom. The smallest absolute Gasteiger partial charge is 0.282 e. The van der Waals surface area contributed by atoms with Gasteiger partial charge in [-0.15, -0.1) is 11.3 Å². The molecule has 0 aliphatic carbocycles. The summed E-state index contributed by atoms with van der Waals surface area (Å²) in [6.07, 6.45) is 0. The van der Waals surface area contributed by atoms with Crippen molar-refractivity contribution in [2.24, 2.45) is 0 Å². The zero-order valence-corrected chi connectivity index (χ0v) is 17.7. The van der Waals surface area contributed by atoms with E-state index in [4.69, 9.17) is 0 Å². The van der Waals surface area contributed by atoms with Crippen molar-refractivity contribution in [1.82, 2.24) is 0 Å². The SMILES string of the molecule is CC(C)(C)c1ccc(NC2=C(c3cccs3)C(=O)N(c3ccccc3F)C2=O)cc1. The molecule has 0 atom stereocenters. The summed E-state index contributed by atoms with van der Waals surface area (Å²) in [6.45, 7) is 6.37. The van der Waals surface area contributed by atoms with Gasteiger partial charge in [-0.3, -0.25) is 9.59 Å². The number of carbonyl (C=O) groups excluding carboxylic acids is 2. The van der Waals surface area contributed by atoms with Crippen LogP contribution in [0.15, 0.2) is 71.7 Å². The van der Waals surface area contributed by atoms with Crippen molar-refractivity contribution >= 4 is 40.1 Å². The molecule has 0 saturated carbocycles. The molecule has 1 aliphatic heterocycles. The minimum Gasteiger partial charge on any atom is -0.350 e. The summed E-state index contributed by atoms with van der Waals surface area (Å²) < 4.78 is 14.4. The molecule has 1 N–H and O–H groups in total. The van der Waals surface area contributed by atoms with Crippen molar-refractivity contribution in [3.05, 3.63) is 88.0 Å². The van der Waals surface area contributed by atoms with E-state index in [0.717, 1.165) is 10.5 Å². The van der Waals surface area contributed by atoms with Crippen LogP contribution in [0.3, 0.4) is 0 Å². The van der Waals surface area contributed by atoms with Gasteiger partial charge in [0, 0.05) is 10.6 Å². The number of rotatable bonds is 4. The second-order valence-corrected chi connectivity index (χ2v) is 9.02. The molecule has 0 unspecified atom stereocenters. The van der Waals surface area contributed by atoms with Crippen LogP contribution in [-0.2, 0) is 15.0 Å². The van der Waals surface area contributed by atoms with Gasteiger partial charge in [-0.25, -0.2) is 9.29 Å². The molecule has 0 spiro atoms. The highest BCUT2D eigenvalue weighted by Crippen LogP contribution is 2.36. The van der Waals surface area contributed by atoms with Gasteiger partial charge in [-0.05, 0) is 46.7 Å². The van der Waals surface area contributed by atoms with E-state index in [1.54, 1.807) is 12.1 Å². The Morgan fingerprint density at radius 1 is 0.900 bits per heavy atom. The lowest BCUT2D eigenvalue weighted by Crippen LogP contribution is -2.33. The van der Waals surface area contributed by atoms with Crippen LogP contribution in [-0.4, -0.2) is 11.8 Å². The lowest BCUT2D eigenvalue weighted by molar-refractivity contribution is -0.120. The highest BCUT2D eigenvalue weighted by Gasteiger charge is 2.41. The number of para-hydroxylation sites is 1. The third kappa shape index (κ3) is 3.55. The molecule has 1 aromatic heterocycles. The van der Waals surface area contributed by atoms with Crippen LogP contribution >= 0.6 is 11.3 Å². The molecule has 2 aromatic carbocycles. The van der Waals surface area contributed by atoms with E-state index in [-0.39, 0.29) is 22.4 Å². The molecule has 3 aromatic rings. The van der Waals surface area contributed by atoms with E-state index >= 15 is 0 Å². The molecule has 0 bridgehead atoms. The van der Waals surface area contributed by atoms with Gasteiger partial charge in [0.1, 0.15) is 11.5 Å². The maximum atomic E-state index is 14.4. The van der Waals surface area contributed by atoms with E-state index in [0.29, 0.717) is 10.6 Å². The van der Waals surface area contributed by atoms with Crippen molar-refractivity contribution in [2.75, 3.05) is 10.2 Å². The summed E-state index contributed by atoms with van der Waals surface area (Å²) in [5.74, 6) is -1.74. The third-order valence-corrected chi connectivity index (χ3v) is 5.85. The first-order valence-electron chi connectivity index (χ1n) is 9.56. The summed E-state index contributed by atoms with van der Waals surface area (Å²) in [4.78, 5) is 28.0. The number of carbonyl (C=O) groups is 2. The average molecular weight is 421 g/mol. The van der Waals surface area contributed by atoms with E-state index in [9.17, 15) is 14.0 Å². The summed E-state index contributed by atoms with van der Waals surface area (Å²) in [5, 5.41) is 4.94. The number of anilines is 2. The van der Waals surface area contributed by atoms with Crippen molar-refractivity contribution in [1.29, 1.82) is 0 Å². The molecule has 2 heterocycles. The zero-order chi connectivity index (χ0) is 21.5. The Labute approximate surface area is 178 Å². The van der Waals surface area contributed by atoms with Gasteiger partial charge in [0.2, 0.25) is 0 Å². The fourth-order valence-electron chi connectivity index (χ4n) is 3.34. The molecule has 0 fully saturated rings. The van der Waals surface area contributed by atoms with E-state index in [1.807, 2.05) is 35.7 Å². The second kappa shape index (κ2) is 7.54. The topological polar surface area (TPSA) is 49.4 Å². The standard InChI is InChI=1S/C24H21FN2O2S/c1-24(2,3)15-10-12-16(13-11-15)26-21-20(19-9-6-14-30-19)22(28)27(23(21)29)18-8-5-4-7-17(18)25/h4-14,26H,1-3H3. The van der Waals surface area contributed by atoms with E-state index in [2.05, 4.69) is 26.1 Å². The maximum Gasteiger partial charge on any atom is 0.282 e. The molecular formula is C24H21FN2O2S. The van der Waals surface area contributed by atoms with Gasteiger partial charge in [-0.1, -0.05) is 51.1 Å². The number of amides is 2. The molecule has 0 saturated heterocycles. The number of thiophene rings is 1. The molecule has 2 amide bonds. The number of hydrogen-bond donors (Lipinski definition) is 1. The number of benzene rings is 2. The molecule has 152 valence electrons. The van der Waals surface area contributed by atoms with Crippen LogP contribution in [0.2, 0.25) is 0 Å². The van der Waals surface area contributed by atoms with Crippen LogP contribution in [0, 0.1) is 5.82 Å². The van der Waals surface area contributed by atoms with Crippen molar-refractivity contribution in [3.8, 4) is 0 Å². The first-order valence-corrected chi connectivity index (χ1v) is 10.4. The Bertz CT molecular complexity index is 1140. The third-order valence-electron chi connectivity index (χ3n) is 4.97.